The minimum atomic E-state index is -1.15. The van der Waals surface area contributed by atoms with E-state index in [1.807, 2.05) is 24.3 Å². The van der Waals surface area contributed by atoms with Gasteiger partial charge in [0.15, 0.2) is 0 Å². The van der Waals surface area contributed by atoms with Gasteiger partial charge in [-0.1, -0.05) is 38.1 Å². The van der Waals surface area contributed by atoms with E-state index >= 15 is 0 Å². The average molecular weight is 261 g/mol. The van der Waals surface area contributed by atoms with Crippen molar-refractivity contribution < 1.29 is 14.7 Å². The maximum Gasteiger partial charge on any atom is 0.352 e. The van der Waals surface area contributed by atoms with E-state index in [-0.39, 0.29) is 5.70 Å². The third-order valence-electron chi connectivity index (χ3n) is 2.48. The molecule has 0 aliphatic carbocycles. The summed E-state index contributed by atoms with van der Waals surface area (Å²) < 4.78 is 0. The zero-order valence-electron chi connectivity index (χ0n) is 11.4. The molecule has 0 bridgehead atoms. The monoisotopic (exact) mass is 261 g/mol. The predicted octanol–water partition coefficient (Wildman–Crippen LogP) is 2.45. The van der Waals surface area contributed by atoms with Crippen LogP contribution in [0.15, 0.2) is 30.0 Å². The molecule has 0 fully saturated rings. The molecule has 1 aromatic rings. The van der Waals surface area contributed by atoms with Crippen LogP contribution in [0.3, 0.4) is 0 Å². The Kier molecular flexibility index (Phi) is 5.30. The largest absolute Gasteiger partial charge is 0.477 e. The first-order valence-electron chi connectivity index (χ1n) is 6.20. The lowest BCUT2D eigenvalue weighted by molar-refractivity contribution is -0.134. The van der Waals surface area contributed by atoms with Gasteiger partial charge in [0.25, 0.3) is 0 Å². The zero-order valence-corrected chi connectivity index (χ0v) is 11.4. The molecular formula is C15H19NO3. The van der Waals surface area contributed by atoms with Crippen LogP contribution in [0, 0.1) is 5.92 Å². The van der Waals surface area contributed by atoms with E-state index in [0.29, 0.717) is 5.92 Å². The molecule has 2 N–H and O–H groups in total. The molecule has 0 radical (unpaired) electrons. The number of carboxylic acid groups (broad SMARTS) is 1. The van der Waals surface area contributed by atoms with Crippen LogP contribution in [0.1, 0.15) is 31.9 Å². The summed E-state index contributed by atoms with van der Waals surface area (Å²) in [6.07, 6.45) is 2.43. The van der Waals surface area contributed by atoms with Crippen molar-refractivity contribution in [1.82, 2.24) is 5.32 Å². The lowest BCUT2D eigenvalue weighted by atomic mass is 10.0. The van der Waals surface area contributed by atoms with Gasteiger partial charge in [-0.3, -0.25) is 4.79 Å². The van der Waals surface area contributed by atoms with Gasteiger partial charge in [-0.2, -0.15) is 0 Å². The molecule has 0 saturated heterocycles. The smallest absolute Gasteiger partial charge is 0.352 e. The fourth-order valence-corrected chi connectivity index (χ4v) is 1.73. The molecule has 1 rings (SSSR count). The number of hydrogen-bond donors (Lipinski definition) is 2. The van der Waals surface area contributed by atoms with Crippen LogP contribution in [-0.4, -0.2) is 17.0 Å². The van der Waals surface area contributed by atoms with E-state index in [1.54, 1.807) is 0 Å². The number of carbonyl (C=O) groups excluding carboxylic acids is 1. The van der Waals surface area contributed by atoms with Gasteiger partial charge in [0.2, 0.25) is 5.91 Å². The van der Waals surface area contributed by atoms with Gasteiger partial charge in [0.1, 0.15) is 5.70 Å². The summed E-state index contributed by atoms with van der Waals surface area (Å²) in [7, 11) is 0. The molecule has 0 heterocycles. The molecular weight excluding hydrogens is 242 g/mol. The molecule has 102 valence electrons. The van der Waals surface area contributed by atoms with Crippen LogP contribution >= 0.6 is 0 Å². The van der Waals surface area contributed by atoms with Crippen molar-refractivity contribution in [2.45, 2.75) is 27.2 Å². The fourth-order valence-electron chi connectivity index (χ4n) is 1.73. The molecule has 1 amide bonds. The van der Waals surface area contributed by atoms with E-state index in [0.717, 1.165) is 12.0 Å². The van der Waals surface area contributed by atoms with Crippen molar-refractivity contribution in [3.05, 3.63) is 41.1 Å². The number of amides is 1. The van der Waals surface area contributed by atoms with Gasteiger partial charge < -0.3 is 10.4 Å². The Hall–Kier alpha value is -2.10. The van der Waals surface area contributed by atoms with Crippen LogP contribution in [0.5, 0.6) is 0 Å². The van der Waals surface area contributed by atoms with Crippen molar-refractivity contribution in [2.75, 3.05) is 0 Å². The third-order valence-corrected chi connectivity index (χ3v) is 2.48. The normalized spacial score (nSPS) is 11.5. The number of carboxylic acids is 1. The molecule has 4 nitrogen and oxygen atoms in total. The number of nitrogens with one attached hydrogen (secondary N) is 1. The van der Waals surface area contributed by atoms with E-state index in [4.69, 9.17) is 5.11 Å². The quantitative estimate of drug-likeness (QED) is 0.800. The lowest BCUT2D eigenvalue weighted by Gasteiger charge is -2.06. The number of rotatable bonds is 5. The molecule has 0 aliphatic heterocycles. The Morgan fingerprint density at radius 3 is 2.26 bits per heavy atom. The van der Waals surface area contributed by atoms with Gasteiger partial charge in [0.05, 0.1) is 0 Å². The second-order valence-electron chi connectivity index (χ2n) is 4.88. The fraction of sp³-hybridized carbons (Fsp3) is 0.333. The molecule has 0 aromatic heterocycles. The summed E-state index contributed by atoms with van der Waals surface area (Å²) in [6.45, 7) is 5.57. The highest BCUT2D eigenvalue weighted by molar-refractivity contribution is 5.96. The Morgan fingerprint density at radius 1 is 1.26 bits per heavy atom. The summed E-state index contributed by atoms with van der Waals surface area (Å²) in [6, 6.07) is 7.64. The van der Waals surface area contributed by atoms with Crippen molar-refractivity contribution >= 4 is 18.0 Å². The highest BCUT2D eigenvalue weighted by atomic mass is 16.4. The molecule has 0 aliphatic rings. The number of carbonyl (C=O) groups is 2. The second-order valence-corrected chi connectivity index (χ2v) is 4.88. The van der Waals surface area contributed by atoms with E-state index < -0.39 is 11.9 Å². The minimum Gasteiger partial charge on any atom is -0.477 e. The standard InChI is InChI=1S/C15H19NO3/c1-10(2)8-12-4-6-13(7-5-12)9-14(15(18)19)16-11(3)17/h4-7,9-10H,8H2,1-3H3,(H,16,17)(H,18,19)/b14-9-. The number of benzene rings is 1. The first-order chi connectivity index (χ1) is 8.88. The lowest BCUT2D eigenvalue weighted by Crippen LogP contribution is -2.24. The maximum atomic E-state index is 11.0. The summed E-state index contributed by atoms with van der Waals surface area (Å²) in [5.74, 6) is -0.970. The molecule has 0 saturated carbocycles. The number of aliphatic carboxylic acids is 1. The van der Waals surface area contributed by atoms with E-state index in [2.05, 4.69) is 19.2 Å². The van der Waals surface area contributed by atoms with Gasteiger partial charge in [-0.25, -0.2) is 4.79 Å². The Morgan fingerprint density at radius 2 is 1.84 bits per heavy atom. The SMILES string of the molecule is CC(=O)N/C(=C\c1ccc(CC(C)C)cc1)C(=O)O. The molecule has 0 unspecified atom stereocenters. The maximum absolute atomic E-state index is 11.0. The highest BCUT2D eigenvalue weighted by Gasteiger charge is 2.08. The Balaban J connectivity index is 2.89. The summed E-state index contributed by atoms with van der Waals surface area (Å²) in [4.78, 5) is 21.9. The van der Waals surface area contributed by atoms with Gasteiger partial charge in [-0.05, 0) is 29.5 Å². The van der Waals surface area contributed by atoms with Crippen molar-refractivity contribution in [3.63, 3.8) is 0 Å². The Labute approximate surface area is 113 Å². The van der Waals surface area contributed by atoms with E-state index in [9.17, 15) is 9.59 Å². The summed E-state index contributed by atoms with van der Waals surface area (Å²) in [5.41, 5.74) is 1.84. The molecule has 1 aromatic carbocycles. The van der Waals surface area contributed by atoms with Gasteiger partial charge in [-0.15, -0.1) is 0 Å². The van der Waals surface area contributed by atoms with Gasteiger partial charge in [0, 0.05) is 6.92 Å². The van der Waals surface area contributed by atoms with Gasteiger partial charge >= 0.3 is 5.97 Å². The van der Waals surface area contributed by atoms with Crippen LogP contribution in [0.2, 0.25) is 0 Å². The zero-order chi connectivity index (χ0) is 14.4. The highest BCUT2D eigenvalue weighted by Crippen LogP contribution is 2.12. The van der Waals surface area contributed by atoms with Crippen molar-refractivity contribution in [1.29, 1.82) is 0 Å². The summed E-state index contributed by atoms with van der Waals surface area (Å²) >= 11 is 0. The summed E-state index contributed by atoms with van der Waals surface area (Å²) in [5, 5.41) is 11.3. The van der Waals surface area contributed by atoms with Crippen LogP contribution in [0.25, 0.3) is 6.08 Å². The minimum absolute atomic E-state index is 0.121. The van der Waals surface area contributed by atoms with Crippen LogP contribution in [0.4, 0.5) is 0 Å². The predicted molar refractivity (Wildman–Crippen MR) is 74.4 cm³/mol. The molecule has 0 atom stereocenters. The first-order valence-corrected chi connectivity index (χ1v) is 6.20. The molecule has 19 heavy (non-hydrogen) atoms. The van der Waals surface area contributed by atoms with Crippen molar-refractivity contribution in [3.8, 4) is 0 Å². The van der Waals surface area contributed by atoms with Crippen molar-refractivity contribution in [2.24, 2.45) is 5.92 Å². The third kappa shape index (κ3) is 5.38. The van der Waals surface area contributed by atoms with E-state index in [1.165, 1.54) is 18.6 Å². The molecule has 4 heteroatoms. The van der Waals surface area contributed by atoms with Crippen LogP contribution in [-0.2, 0) is 16.0 Å². The average Bonchev–Trinajstić information content (AvgIpc) is 2.29. The first kappa shape index (κ1) is 15.0. The number of hydrogen-bond acceptors (Lipinski definition) is 2. The second kappa shape index (κ2) is 6.73. The topological polar surface area (TPSA) is 66.4 Å². The molecule has 0 spiro atoms. The Bertz CT molecular complexity index is 487. The van der Waals surface area contributed by atoms with Crippen LogP contribution < -0.4 is 5.32 Å².